The van der Waals surface area contributed by atoms with E-state index >= 15 is 0 Å². The molecule has 1 aromatic carbocycles. The molecular formula is C21H27N5OS. The number of fused-ring (bicyclic) bond motifs is 1. The molecule has 1 aliphatic rings. The van der Waals surface area contributed by atoms with Crippen molar-refractivity contribution in [1.29, 1.82) is 0 Å². The van der Waals surface area contributed by atoms with Gasteiger partial charge >= 0.3 is 0 Å². The van der Waals surface area contributed by atoms with Gasteiger partial charge in [0.1, 0.15) is 0 Å². The standard InChI is InChI=1S/C21H27N5OS/c1-14-22-18-8-7-15(10-20(18)28-14)21(27)26-9-5-6-16(12-26)19-11-17(13-24(2)3)25(4)23-19/h7-8,10-11,16H,5-6,9,12-13H2,1-4H3/t16-/m0/s1. The molecule has 0 N–H and O–H groups in total. The number of thiazole rings is 1. The predicted octanol–water partition coefficient (Wildman–Crippen LogP) is 3.42. The lowest BCUT2D eigenvalue weighted by Gasteiger charge is -2.32. The van der Waals surface area contributed by atoms with Crippen LogP contribution >= 0.6 is 11.3 Å². The van der Waals surface area contributed by atoms with Crippen LogP contribution in [0, 0.1) is 6.92 Å². The van der Waals surface area contributed by atoms with Gasteiger partial charge in [-0.05, 0) is 58.1 Å². The molecule has 6 nitrogen and oxygen atoms in total. The van der Waals surface area contributed by atoms with Gasteiger partial charge in [0, 0.05) is 38.2 Å². The Bertz CT molecular complexity index is 1010. The molecule has 7 heteroatoms. The van der Waals surface area contributed by atoms with Gasteiger partial charge in [-0.3, -0.25) is 9.48 Å². The Morgan fingerprint density at radius 1 is 1.32 bits per heavy atom. The molecule has 0 unspecified atom stereocenters. The fourth-order valence-electron chi connectivity index (χ4n) is 3.96. The van der Waals surface area contributed by atoms with Gasteiger partial charge in [0.25, 0.3) is 5.91 Å². The van der Waals surface area contributed by atoms with Gasteiger partial charge in [0.15, 0.2) is 0 Å². The number of amides is 1. The van der Waals surface area contributed by atoms with Crippen molar-refractivity contribution in [1.82, 2.24) is 24.6 Å². The van der Waals surface area contributed by atoms with E-state index in [1.807, 2.05) is 41.8 Å². The number of aryl methyl sites for hydroxylation is 2. The number of hydrogen-bond acceptors (Lipinski definition) is 5. The van der Waals surface area contributed by atoms with Crippen molar-refractivity contribution < 1.29 is 4.79 Å². The summed E-state index contributed by atoms with van der Waals surface area (Å²) in [5.74, 6) is 0.413. The lowest BCUT2D eigenvalue weighted by molar-refractivity contribution is 0.0706. The molecule has 0 aliphatic carbocycles. The van der Waals surface area contributed by atoms with Gasteiger partial charge < -0.3 is 9.80 Å². The van der Waals surface area contributed by atoms with Gasteiger partial charge in [-0.1, -0.05) is 0 Å². The number of carbonyl (C=O) groups excluding carboxylic acids is 1. The molecule has 28 heavy (non-hydrogen) atoms. The van der Waals surface area contributed by atoms with E-state index < -0.39 is 0 Å². The van der Waals surface area contributed by atoms with E-state index in [0.717, 1.165) is 59.0 Å². The maximum atomic E-state index is 13.1. The highest BCUT2D eigenvalue weighted by atomic mass is 32.1. The normalized spacial score (nSPS) is 17.6. The van der Waals surface area contributed by atoms with Crippen LogP contribution in [0.2, 0.25) is 0 Å². The molecule has 1 atom stereocenters. The summed E-state index contributed by atoms with van der Waals surface area (Å²) in [6.07, 6.45) is 2.09. The summed E-state index contributed by atoms with van der Waals surface area (Å²) in [7, 11) is 6.13. The van der Waals surface area contributed by atoms with E-state index in [9.17, 15) is 4.79 Å². The topological polar surface area (TPSA) is 54.3 Å². The maximum absolute atomic E-state index is 13.1. The molecule has 148 valence electrons. The minimum atomic E-state index is 0.113. The Kier molecular flexibility index (Phi) is 5.21. The van der Waals surface area contributed by atoms with Crippen molar-refractivity contribution in [3.8, 4) is 0 Å². The summed E-state index contributed by atoms with van der Waals surface area (Å²) >= 11 is 1.64. The van der Waals surface area contributed by atoms with E-state index in [2.05, 4.69) is 30.0 Å². The van der Waals surface area contributed by atoms with Crippen LogP contribution < -0.4 is 0 Å². The Morgan fingerprint density at radius 2 is 2.14 bits per heavy atom. The summed E-state index contributed by atoms with van der Waals surface area (Å²) in [6.45, 7) is 4.41. The number of carbonyl (C=O) groups is 1. The summed E-state index contributed by atoms with van der Waals surface area (Å²) in [4.78, 5) is 21.7. The third-order valence-electron chi connectivity index (χ3n) is 5.34. The predicted molar refractivity (Wildman–Crippen MR) is 113 cm³/mol. The lowest BCUT2D eigenvalue weighted by Crippen LogP contribution is -2.39. The molecule has 0 saturated carbocycles. The first kappa shape index (κ1) is 19.1. The van der Waals surface area contributed by atoms with E-state index in [-0.39, 0.29) is 5.91 Å². The molecule has 1 saturated heterocycles. The number of piperidine rings is 1. The van der Waals surface area contributed by atoms with Crippen molar-refractivity contribution in [2.45, 2.75) is 32.2 Å². The second-order valence-corrected chi connectivity index (χ2v) is 9.16. The zero-order valence-electron chi connectivity index (χ0n) is 17.0. The fourth-order valence-corrected chi connectivity index (χ4v) is 4.83. The third kappa shape index (κ3) is 3.82. The number of benzene rings is 1. The first-order chi connectivity index (χ1) is 13.4. The smallest absolute Gasteiger partial charge is 0.253 e. The second-order valence-electron chi connectivity index (χ2n) is 7.93. The van der Waals surface area contributed by atoms with Crippen LogP contribution in [0.3, 0.4) is 0 Å². The Morgan fingerprint density at radius 3 is 2.93 bits per heavy atom. The molecule has 0 radical (unpaired) electrons. The summed E-state index contributed by atoms with van der Waals surface area (Å²) in [5.41, 5.74) is 4.03. The average molecular weight is 398 g/mol. The van der Waals surface area contributed by atoms with Gasteiger partial charge in [-0.2, -0.15) is 5.10 Å². The highest BCUT2D eigenvalue weighted by Gasteiger charge is 2.27. The molecule has 2 aromatic heterocycles. The minimum absolute atomic E-state index is 0.113. The third-order valence-corrected chi connectivity index (χ3v) is 6.28. The highest BCUT2D eigenvalue weighted by Crippen LogP contribution is 2.29. The van der Waals surface area contributed by atoms with Crippen LogP contribution in [0.25, 0.3) is 10.2 Å². The van der Waals surface area contributed by atoms with Crippen molar-refractivity contribution in [2.24, 2.45) is 7.05 Å². The van der Waals surface area contributed by atoms with Crippen LogP contribution in [-0.4, -0.2) is 57.7 Å². The molecule has 0 bridgehead atoms. The summed E-state index contributed by atoms with van der Waals surface area (Å²) < 4.78 is 3.05. The van der Waals surface area contributed by atoms with Crippen LogP contribution in [0.15, 0.2) is 24.3 Å². The first-order valence-corrected chi connectivity index (χ1v) is 10.6. The average Bonchev–Trinajstić information content (AvgIpc) is 3.21. The molecule has 4 rings (SSSR count). The van der Waals surface area contributed by atoms with Crippen molar-refractivity contribution in [3.05, 3.63) is 46.2 Å². The minimum Gasteiger partial charge on any atom is -0.338 e. The zero-order chi connectivity index (χ0) is 19.8. The molecule has 1 fully saturated rings. The maximum Gasteiger partial charge on any atom is 0.253 e. The molecule has 3 aromatic rings. The zero-order valence-corrected chi connectivity index (χ0v) is 17.8. The number of hydrogen-bond donors (Lipinski definition) is 0. The monoisotopic (exact) mass is 397 g/mol. The van der Waals surface area contributed by atoms with E-state index in [1.54, 1.807) is 11.3 Å². The summed E-state index contributed by atoms with van der Waals surface area (Å²) in [5, 5.41) is 5.77. The number of aromatic nitrogens is 3. The molecule has 1 aliphatic heterocycles. The molecule has 0 spiro atoms. The van der Waals surface area contributed by atoms with Gasteiger partial charge in [0.05, 0.1) is 26.6 Å². The van der Waals surface area contributed by atoms with Gasteiger partial charge in [-0.15, -0.1) is 11.3 Å². The number of nitrogens with zero attached hydrogens (tertiary/aromatic N) is 5. The van der Waals surface area contributed by atoms with Gasteiger partial charge in [-0.25, -0.2) is 4.98 Å². The first-order valence-electron chi connectivity index (χ1n) is 9.74. The Hall–Kier alpha value is -2.25. The molecule has 3 heterocycles. The summed E-state index contributed by atoms with van der Waals surface area (Å²) in [6, 6.07) is 8.05. The van der Waals surface area contributed by atoms with Crippen LogP contribution in [0.5, 0.6) is 0 Å². The van der Waals surface area contributed by atoms with Crippen molar-refractivity contribution in [2.75, 3.05) is 27.2 Å². The fraction of sp³-hybridized carbons (Fsp3) is 0.476. The Labute approximate surface area is 169 Å². The van der Waals surface area contributed by atoms with Crippen molar-refractivity contribution in [3.63, 3.8) is 0 Å². The van der Waals surface area contributed by atoms with Crippen LogP contribution in [0.1, 0.15) is 45.5 Å². The van der Waals surface area contributed by atoms with Crippen LogP contribution in [0.4, 0.5) is 0 Å². The largest absolute Gasteiger partial charge is 0.338 e. The quantitative estimate of drug-likeness (QED) is 0.677. The van der Waals surface area contributed by atoms with Crippen molar-refractivity contribution >= 4 is 27.5 Å². The molecular weight excluding hydrogens is 370 g/mol. The Balaban J connectivity index is 1.52. The van der Waals surface area contributed by atoms with E-state index in [4.69, 9.17) is 5.10 Å². The van der Waals surface area contributed by atoms with Crippen LogP contribution in [-0.2, 0) is 13.6 Å². The van der Waals surface area contributed by atoms with Gasteiger partial charge in [0.2, 0.25) is 0 Å². The lowest BCUT2D eigenvalue weighted by atomic mass is 9.94. The SMILES string of the molecule is Cc1nc2ccc(C(=O)N3CCC[C@H](c4cc(CN(C)C)n(C)n4)C3)cc2s1. The second kappa shape index (κ2) is 7.64. The van der Waals surface area contributed by atoms with E-state index in [1.165, 1.54) is 5.69 Å². The highest BCUT2D eigenvalue weighted by molar-refractivity contribution is 7.18. The number of likely N-dealkylation sites (tertiary alicyclic amines) is 1. The number of rotatable bonds is 4. The molecule has 1 amide bonds. The van der Waals surface area contributed by atoms with E-state index in [0.29, 0.717) is 5.92 Å².